The number of aryl methyl sites for hydroxylation is 1. The van der Waals surface area contributed by atoms with Gasteiger partial charge in [0.15, 0.2) is 17.8 Å². The number of methoxy groups -OCH3 is 1. The number of hydrogen-bond donors (Lipinski definition) is 0. The van der Waals surface area contributed by atoms with E-state index >= 15 is 4.39 Å². The molecule has 7 nitrogen and oxygen atoms in total. The summed E-state index contributed by atoms with van der Waals surface area (Å²) in [6.45, 7) is 4.61. The average Bonchev–Trinajstić information content (AvgIpc) is 3.21. The fourth-order valence-corrected chi connectivity index (χ4v) is 5.38. The Morgan fingerprint density at radius 2 is 2.00 bits per heavy atom. The zero-order chi connectivity index (χ0) is 25.9. The number of hydrogen-bond acceptors (Lipinski definition) is 8. The first-order chi connectivity index (χ1) is 18.0. The first-order valence-electron chi connectivity index (χ1n) is 12.5. The number of halogens is 2. The third kappa shape index (κ3) is 5.02. The molecule has 3 aromatic rings. The minimum absolute atomic E-state index is 0.0455. The van der Waals surface area contributed by atoms with Crippen LogP contribution >= 0.6 is 11.8 Å². The molecule has 1 fully saturated rings. The zero-order valence-electron chi connectivity index (χ0n) is 21.3. The number of fused-ring (bicyclic) bond motifs is 2. The fourth-order valence-electron chi connectivity index (χ4n) is 5.02. The molecule has 3 heterocycles. The Balaban J connectivity index is 1.72. The van der Waals surface area contributed by atoms with Crippen molar-refractivity contribution in [1.29, 1.82) is 0 Å². The minimum atomic E-state index is -0.560. The molecular formula is C27H30F2N4O3S. The lowest BCUT2D eigenvalue weighted by Gasteiger charge is -2.24. The van der Waals surface area contributed by atoms with E-state index in [4.69, 9.17) is 19.2 Å². The van der Waals surface area contributed by atoms with Gasteiger partial charge in [0, 0.05) is 45.0 Å². The van der Waals surface area contributed by atoms with E-state index in [0.29, 0.717) is 77.8 Å². The van der Waals surface area contributed by atoms with Gasteiger partial charge in [0.25, 0.3) is 0 Å². The van der Waals surface area contributed by atoms with Gasteiger partial charge < -0.3 is 19.1 Å². The molecule has 0 spiro atoms. The normalized spacial score (nSPS) is 16.2. The summed E-state index contributed by atoms with van der Waals surface area (Å²) in [4.78, 5) is 15.9. The van der Waals surface area contributed by atoms with Gasteiger partial charge in [0.2, 0.25) is 0 Å². The van der Waals surface area contributed by atoms with Gasteiger partial charge in [-0.25, -0.2) is 18.7 Å². The molecule has 2 aliphatic rings. The Morgan fingerprint density at radius 3 is 2.78 bits per heavy atom. The monoisotopic (exact) mass is 528 g/mol. The maximum Gasteiger partial charge on any atom is 0.189 e. The molecule has 10 heteroatoms. The zero-order valence-corrected chi connectivity index (χ0v) is 22.1. The van der Waals surface area contributed by atoms with Crippen LogP contribution in [0.4, 0.5) is 14.6 Å². The summed E-state index contributed by atoms with van der Waals surface area (Å²) in [5.41, 5.74) is 2.96. The molecule has 1 aromatic carbocycles. The Morgan fingerprint density at radius 1 is 1.14 bits per heavy atom. The Kier molecular flexibility index (Phi) is 7.87. The third-order valence-corrected chi connectivity index (χ3v) is 7.28. The van der Waals surface area contributed by atoms with Crippen LogP contribution in [0.5, 0.6) is 5.75 Å². The Bertz CT molecular complexity index is 1340. The largest absolute Gasteiger partial charge is 0.468 e. The van der Waals surface area contributed by atoms with Crippen LogP contribution in [0.1, 0.15) is 37.3 Å². The molecule has 0 N–H and O–H groups in total. The second kappa shape index (κ2) is 11.3. The number of anilines is 1. The third-order valence-electron chi connectivity index (χ3n) is 6.74. The molecule has 5 rings (SSSR count). The molecule has 37 heavy (non-hydrogen) atoms. The smallest absolute Gasteiger partial charge is 0.189 e. The first-order valence-corrected chi connectivity index (χ1v) is 13.7. The molecule has 0 amide bonds. The summed E-state index contributed by atoms with van der Waals surface area (Å²) >= 11 is 1.36. The van der Waals surface area contributed by atoms with Crippen LogP contribution in [0.15, 0.2) is 29.3 Å². The van der Waals surface area contributed by atoms with Gasteiger partial charge in [-0.1, -0.05) is 18.7 Å². The van der Waals surface area contributed by atoms with Crippen LogP contribution < -0.4 is 9.64 Å². The lowest BCUT2D eigenvalue weighted by molar-refractivity contribution is 0.0511. The van der Waals surface area contributed by atoms with Crippen LogP contribution in [0.2, 0.25) is 0 Å². The quantitative estimate of drug-likeness (QED) is 0.217. The molecule has 0 unspecified atom stereocenters. The minimum Gasteiger partial charge on any atom is -0.468 e. The van der Waals surface area contributed by atoms with Crippen LogP contribution in [-0.4, -0.2) is 61.4 Å². The SMILES string of the molecule is CCC1=C(F)CCc2cc(OCOC)cc(-c3ncc4c(N5CCCOCC5)nc(SC)nc4c3F)c21. The maximum atomic E-state index is 16.4. The summed E-state index contributed by atoms with van der Waals surface area (Å²) in [5.74, 6) is 0.445. The van der Waals surface area contributed by atoms with Crippen molar-refractivity contribution in [3.63, 3.8) is 0 Å². The summed E-state index contributed by atoms with van der Waals surface area (Å²) in [7, 11) is 1.54. The number of aromatic nitrogens is 3. The number of rotatable bonds is 7. The van der Waals surface area contributed by atoms with Crippen LogP contribution in [0, 0.1) is 5.82 Å². The van der Waals surface area contributed by atoms with Crippen LogP contribution in [-0.2, 0) is 15.9 Å². The summed E-state index contributed by atoms with van der Waals surface area (Å²) in [6.07, 6.45) is 5.64. The van der Waals surface area contributed by atoms with E-state index < -0.39 is 5.82 Å². The van der Waals surface area contributed by atoms with Gasteiger partial charge in [-0.3, -0.25) is 4.98 Å². The van der Waals surface area contributed by atoms with Gasteiger partial charge in [-0.15, -0.1) is 0 Å². The first kappa shape index (κ1) is 25.8. The Hall–Kier alpha value is -2.82. The standard InChI is InChI=1S/C27H30F2N4O3S/c1-4-18-21(28)7-6-16-12-17(36-15-34-2)13-19(22(16)18)24-23(29)25-20(14-30-24)26(32-27(31-25)37-3)33-8-5-10-35-11-9-33/h12-14H,4-11,15H2,1-3H3. The summed E-state index contributed by atoms with van der Waals surface area (Å²) in [6, 6.07) is 3.60. The van der Waals surface area contributed by atoms with Gasteiger partial charge in [0.05, 0.1) is 12.0 Å². The van der Waals surface area contributed by atoms with Crippen LogP contribution in [0.25, 0.3) is 27.7 Å². The van der Waals surface area contributed by atoms with Gasteiger partial charge in [-0.2, -0.15) is 0 Å². The van der Waals surface area contributed by atoms with E-state index in [1.54, 1.807) is 12.3 Å². The number of allylic oxidation sites excluding steroid dienone is 2. The molecule has 196 valence electrons. The highest BCUT2D eigenvalue weighted by Gasteiger charge is 2.27. The molecule has 1 saturated heterocycles. The van der Waals surface area contributed by atoms with Crippen molar-refractivity contribution < 1.29 is 23.0 Å². The van der Waals surface area contributed by atoms with E-state index in [0.717, 1.165) is 18.5 Å². The summed E-state index contributed by atoms with van der Waals surface area (Å²) in [5, 5.41) is 1.02. The average molecular weight is 529 g/mol. The second-order valence-electron chi connectivity index (χ2n) is 8.96. The van der Waals surface area contributed by atoms with Crippen LogP contribution in [0.3, 0.4) is 0 Å². The van der Waals surface area contributed by atoms with E-state index in [2.05, 4.69) is 14.9 Å². The topological polar surface area (TPSA) is 69.6 Å². The Labute approximate surface area is 219 Å². The highest BCUT2D eigenvalue weighted by Crippen LogP contribution is 2.43. The van der Waals surface area contributed by atoms with E-state index in [1.807, 2.05) is 19.2 Å². The number of ether oxygens (including phenoxy) is 3. The van der Waals surface area contributed by atoms with E-state index in [-0.39, 0.29) is 23.8 Å². The number of nitrogens with zero attached hydrogens (tertiary/aromatic N) is 4. The van der Waals surface area contributed by atoms with Crippen molar-refractivity contribution in [2.24, 2.45) is 0 Å². The molecule has 0 radical (unpaired) electrons. The molecule has 1 aliphatic heterocycles. The molecule has 2 aromatic heterocycles. The van der Waals surface area contributed by atoms with Gasteiger partial charge in [0.1, 0.15) is 28.6 Å². The molecular weight excluding hydrogens is 498 g/mol. The highest BCUT2D eigenvalue weighted by atomic mass is 32.2. The summed E-state index contributed by atoms with van der Waals surface area (Å²) < 4.78 is 47.7. The van der Waals surface area contributed by atoms with Crippen molar-refractivity contribution in [3.05, 3.63) is 41.1 Å². The van der Waals surface area contributed by atoms with Crippen molar-refractivity contribution in [3.8, 4) is 17.0 Å². The van der Waals surface area contributed by atoms with E-state index in [1.165, 1.54) is 18.9 Å². The number of benzene rings is 1. The fraction of sp³-hybridized carbons (Fsp3) is 0.444. The lowest BCUT2D eigenvalue weighted by Crippen LogP contribution is -2.27. The molecule has 0 bridgehead atoms. The van der Waals surface area contributed by atoms with Crippen molar-refractivity contribution in [2.45, 2.75) is 37.8 Å². The van der Waals surface area contributed by atoms with Gasteiger partial charge >= 0.3 is 0 Å². The maximum absolute atomic E-state index is 16.4. The lowest BCUT2D eigenvalue weighted by atomic mass is 9.84. The van der Waals surface area contributed by atoms with Gasteiger partial charge in [-0.05, 0) is 54.4 Å². The molecule has 1 aliphatic carbocycles. The predicted octanol–water partition coefficient (Wildman–Crippen LogP) is 5.80. The number of thioether (sulfide) groups is 1. The van der Waals surface area contributed by atoms with Crippen molar-refractivity contribution in [1.82, 2.24) is 15.0 Å². The van der Waals surface area contributed by atoms with Crippen molar-refractivity contribution in [2.75, 3.05) is 51.4 Å². The predicted molar refractivity (Wildman–Crippen MR) is 141 cm³/mol. The second-order valence-corrected chi connectivity index (χ2v) is 9.74. The van der Waals surface area contributed by atoms with Crippen molar-refractivity contribution >= 4 is 34.1 Å². The van der Waals surface area contributed by atoms with E-state index in [9.17, 15) is 4.39 Å². The highest BCUT2D eigenvalue weighted by molar-refractivity contribution is 7.98. The molecule has 0 saturated carbocycles. The number of pyridine rings is 1. The molecule has 0 atom stereocenters.